The van der Waals surface area contributed by atoms with E-state index in [0.29, 0.717) is 0 Å². The fourth-order valence-corrected chi connectivity index (χ4v) is 1.79. The van der Waals surface area contributed by atoms with Crippen LogP contribution in [0.25, 0.3) is 0 Å². The van der Waals surface area contributed by atoms with Gasteiger partial charge in [-0.1, -0.05) is 0 Å². The van der Waals surface area contributed by atoms with Crippen LogP contribution < -0.4 is 11.1 Å². The Morgan fingerprint density at radius 1 is 1.30 bits per heavy atom. The van der Waals surface area contributed by atoms with Crippen molar-refractivity contribution < 1.29 is 0 Å². The maximum Gasteiger partial charge on any atom is 0.0933 e. The molecule has 0 aliphatic carbocycles. The Morgan fingerprint density at radius 2 is 1.90 bits per heavy atom. The summed E-state index contributed by atoms with van der Waals surface area (Å²) in [6.07, 6.45) is 0. The molecule has 56 valence electrons. The zero-order valence-corrected chi connectivity index (χ0v) is 7.30. The van der Waals surface area contributed by atoms with Gasteiger partial charge in [-0.2, -0.15) is 0 Å². The van der Waals surface area contributed by atoms with Gasteiger partial charge in [0.05, 0.1) is 10.0 Å². The minimum Gasteiger partial charge on any atom is -0.390 e. The Hall–Kier alpha value is -0.700. The molecule has 10 heavy (non-hydrogen) atoms. The first kappa shape index (κ1) is 7.41. The predicted octanol–water partition coefficient (Wildman–Crippen LogP) is 1.99. The SMILES string of the molecule is CNc1sc(N)c(C)c1C. The second-order valence-corrected chi connectivity index (χ2v) is 3.35. The number of anilines is 2. The molecule has 0 bridgehead atoms. The lowest BCUT2D eigenvalue weighted by atomic mass is 10.2. The number of hydrogen-bond donors (Lipinski definition) is 2. The van der Waals surface area contributed by atoms with Crippen LogP contribution in [0.15, 0.2) is 0 Å². The summed E-state index contributed by atoms with van der Waals surface area (Å²) in [6, 6.07) is 0. The van der Waals surface area contributed by atoms with E-state index in [2.05, 4.69) is 12.2 Å². The number of rotatable bonds is 1. The van der Waals surface area contributed by atoms with Gasteiger partial charge < -0.3 is 11.1 Å². The van der Waals surface area contributed by atoms with E-state index in [1.165, 1.54) is 16.1 Å². The van der Waals surface area contributed by atoms with E-state index in [1.807, 2.05) is 14.0 Å². The zero-order valence-electron chi connectivity index (χ0n) is 6.49. The number of nitrogens with one attached hydrogen (secondary N) is 1. The second kappa shape index (κ2) is 2.50. The summed E-state index contributed by atoms with van der Waals surface area (Å²) < 4.78 is 0. The van der Waals surface area contributed by atoms with E-state index in [9.17, 15) is 0 Å². The first-order valence-corrected chi connectivity index (χ1v) is 4.01. The third kappa shape index (κ3) is 0.968. The summed E-state index contributed by atoms with van der Waals surface area (Å²) in [5.74, 6) is 0. The number of nitrogens with two attached hydrogens (primary N) is 1. The standard InChI is InChI=1S/C7H12N2S/c1-4-5(2)7(9-3)10-6(4)8/h9H,8H2,1-3H3. The summed E-state index contributed by atoms with van der Waals surface area (Å²) in [7, 11) is 1.91. The van der Waals surface area contributed by atoms with Crippen molar-refractivity contribution in [3.8, 4) is 0 Å². The molecule has 2 nitrogen and oxygen atoms in total. The highest BCUT2D eigenvalue weighted by Gasteiger charge is 2.05. The molecule has 0 spiro atoms. The third-order valence-corrected chi connectivity index (χ3v) is 2.95. The minimum absolute atomic E-state index is 0.918. The second-order valence-electron chi connectivity index (χ2n) is 2.30. The molecule has 0 fully saturated rings. The molecule has 1 aromatic rings. The van der Waals surface area contributed by atoms with Gasteiger partial charge in [-0.3, -0.25) is 0 Å². The quantitative estimate of drug-likeness (QED) is 0.652. The maximum absolute atomic E-state index is 5.70. The summed E-state index contributed by atoms with van der Waals surface area (Å²) in [5, 5.41) is 5.19. The van der Waals surface area contributed by atoms with Crippen molar-refractivity contribution >= 4 is 21.3 Å². The molecule has 1 aromatic heterocycles. The van der Waals surface area contributed by atoms with Gasteiger partial charge in [0.25, 0.3) is 0 Å². The Balaban J connectivity index is 3.17. The molecule has 3 N–H and O–H groups in total. The smallest absolute Gasteiger partial charge is 0.0933 e. The molecule has 0 aromatic carbocycles. The van der Waals surface area contributed by atoms with Crippen molar-refractivity contribution in [3.63, 3.8) is 0 Å². The number of hydrogen-bond acceptors (Lipinski definition) is 3. The fraction of sp³-hybridized carbons (Fsp3) is 0.429. The van der Waals surface area contributed by atoms with E-state index in [0.717, 1.165) is 5.00 Å². The van der Waals surface area contributed by atoms with E-state index in [1.54, 1.807) is 11.3 Å². The van der Waals surface area contributed by atoms with Gasteiger partial charge in [-0.05, 0) is 25.0 Å². The molecular formula is C7H12N2S. The van der Waals surface area contributed by atoms with Crippen LogP contribution in [0.5, 0.6) is 0 Å². The van der Waals surface area contributed by atoms with Crippen LogP contribution in [0.3, 0.4) is 0 Å². The van der Waals surface area contributed by atoms with Gasteiger partial charge in [0.2, 0.25) is 0 Å². The van der Waals surface area contributed by atoms with Crippen LogP contribution >= 0.6 is 11.3 Å². The largest absolute Gasteiger partial charge is 0.390 e. The van der Waals surface area contributed by atoms with Gasteiger partial charge in [-0.25, -0.2) is 0 Å². The molecule has 0 atom stereocenters. The van der Waals surface area contributed by atoms with Crippen LogP contribution in [0.1, 0.15) is 11.1 Å². The van der Waals surface area contributed by atoms with Crippen molar-refractivity contribution in [2.24, 2.45) is 0 Å². The summed E-state index contributed by atoms with van der Waals surface area (Å²) in [4.78, 5) is 0. The van der Waals surface area contributed by atoms with E-state index >= 15 is 0 Å². The van der Waals surface area contributed by atoms with Crippen LogP contribution in [-0.2, 0) is 0 Å². The Labute approximate surface area is 65.1 Å². The van der Waals surface area contributed by atoms with Crippen molar-refractivity contribution in [2.75, 3.05) is 18.1 Å². The summed E-state index contributed by atoms with van der Waals surface area (Å²) >= 11 is 1.61. The van der Waals surface area contributed by atoms with E-state index < -0.39 is 0 Å². The van der Waals surface area contributed by atoms with Crippen LogP contribution in [0.2, 0.25) is 0 Å². The van der Waals surface area contributed by atoms with E-state index in [-0.39, 0.29) is 0 Å². The Bertz CT molecular complexity index is 240. The van der Waals surface area contributed by atoms with E-state index in [4.69, 9.17) is 5.73 Å². The highest BCUT2D eigenvalue weighted by atomic mass is 32.1. The molecule has 1 heterocycles. The molecule has 0 aliphatic heterocycles. The molecule has 0 saturated carbocycles. The van der Waals surface area contributed by atoms with Crippen LogP contribution in [0.4, 0.5) is 10.0 Å². The van der Waals surface area contributed by atoms with Crippen LogP contribution in [-0.4, -0.2) is 7.05 Å². The monoisotopic (exact) mass is 156 g/mol. The molecule has 0 amide bonds. The van der Waals surface area contributed by atoms with Gasteiger partial charge in [0.1, 0.15) is 0 Å². The van der Waals surface area contributed by atoms with Gasteiger partial charge in [0.15, 0.2) is 0 Å². The molecule has 3 heteroatoms. The number of nitrogen functional groups attached to an aromatic ring is 1. The van der Waals surface area contributed by atoms with Crippen molar-refractivity contribution in [3.05, 3.63) is 11.1 Å². The lowest BCUT2D eigenvalue weighted by Crippen LogP contribution is -1.86. The van der Waals surface area contributed by atoms with Crippen LogP contribution in [0, 0.1) is 13.8 Å². The highest BCUT2D eigenvalue weighted by molar-refractivity contribution is 7.20. The fourth-order valence-electron chi connectivity index (χ4n) is 0.857. The molecule has 0 saturated heterocycles. The molecule has 0 radical (unpaired) electrons. The van der Waals surface area contributed by atoms with Crippen molar-refractivity contribution in [1.29, 1.82) is 0 Å². The lowest BCUT2D eigenvalue weighted by molar-refractivity contribution is 1.38. The average Bonchev–Trinajstić information content (AvgIpc) is 2.17. The topological polar surface area (TPSA) is 38.0 Å². The summed E-state index contributed by atoms with van der Waals surface area (Å²) in [6.45, 7) is 4.12. The minimum atomic E-state index is 0.918. The zero-order chi connectivity index (χ0) is 7.72. The molecule has 0 unspecified atom stereocenters. The molecule has 1 rings (SSSR count). The lowest BCUT2D eigenvalue weighted by Gasteiger charge is -1.94. The molecule has 0 aliphatic rings. The van der Waals surface area contributed by atoms with Gasteiger partial charge in [0, 0.05) is 7.05 Å². The predicted molar refractivity (Wildman–Crippen MR) is 47.8 cm³/mol. The van der Waals surface area contributed by atoms with Gasteiger partial charge >= 0.3 is 0 Å². The van der Waals surface area contributed by atoms with Crippen molar-refractivity contribution in [1.82, 2.24) is 0 Å². The Morgan fingerprint density at radius 3 is 2.10 bits per heavy atom. The normalized spacial score (nSPS) is 9.90. The highest BCUT2D eigenvalue weighted by Crippen LogP contribution is 2.33. The first-order chi connectivity index (χ1) is 4.66. The molecular weight excluding hydrogens is 144 g/mol. The first-order valence-electron chi connectivity index (χ1n) is 3.20. The van der Waals surface area contributed by atoms with Crippen molar-refractivity contribution in [2.45, 2.75) is 13.8 Å². The average molecular weight is 156 g/mol. The Kier molecular flexibility index (Phi) is 1.85. The van der Waals surface area contributed by atoms with Gasteiger partial charge in [-0.15, -0.1) is 11.3 Å². The number of thiophene rings is 1. The third-order valence-electron chi connectivity index (χ3n) is 1.71. The summed E-state index contributed by atoms with van der Waals surface area (Å²) in [5.41, 5.74) is 8.17. The maximum atomic E-state index is 5.70.